The third-order valence-corrected chi connectivity index (χ3v) is 6.37. The van der Waals surface area contributed by atoms with Crippen molar-refractivity contribution in [3.8, 4) is 0 Å². The molecule has 0 aliphatic carbocycles. The lowest BCUT2D eigenvalue weighted by Crippen LogP contribution is -2.21. The van der Waals surface area contributed by atoms with Crippen LogP contribution in [-0.4, -0.2) is 25.3 Å². The van der Waals surface area contributed by atoms with E-state index < -0.39 is 15.9 Å². The number of aryl methyl sites for hydroxylation is 3. The largest absolute Gasteiger partial charge is 0.336 e. The fourth-order valence-corrected chi connectivity index (χ4v) is 4.45. The van der Waals surface area contributed by atoms with Crippen LogP contribution in [0.1, 0.15) is 44.5 Å². The molecule has 31 heavy (non-hydrogen) atoms. The van der Waals surface area contributed by atoms with Gasteiger partial charge in [0.1, 0.15) is 15.6 Å². The number of benzene rings is 2. The zero-order valence-electron chi connectivity index (χ0n) is 17.2. The summed E-state index contributed by atoms with van der Waals surface area (Å²) in [7, 11) is -4.23. The molecule has 0 saturated heterocycles. The molecule has 10 heteroatoms. The number of ketones is 1. The molecule has 0 bridgehead atoms. The maximum absolute atomic E-state index is 13.0. The van der Waals surface area contributed by atoms with Gasteiger partial charge in [0.05, 0.1) is 11.3 Å². The Morgan fingerprint density at radius 1 is 1.06 bits per heavy atom. The number of carbonyl (C=O) groups is 2. The number of amides is 1. The summed E-state index contributed by atoms with van der Waals surface area (Å²) in [4.78, 5) is 24.8. The minimum atomic E-state index is -4.23. The lowest BCUT2D eigenvalue weighted by molar-refractivity contribution is 0.101. The number of hydrogen-bond donors (Lipinski definition) is 2. The van der Waals surface area contributed by atoms with E-state index in [9.17, 15) is 18.0 Å². The first kappa shape index (κ1) is 22.5. The molecule has 2 N–H and O–H groups in total. The van der Waals surface area contributed by atoms with Gasteiger partial charge in [-0.3, -0.25) is 9.59 Å². The zero-order valence-corrected chi connectivity index (χ0v) is 18.8. The van der Waals surface area contributed by atoms with Crippen molar-refractivity contribution in [1.29, 1.82) is 0 Å². The summed E-state index contributed by atoms with van der Waals surface area (Å²) in [5.41, 5.74) is 2.42. The molecule has 0 fully saturated rings. The van der Waals surface area contributed by atoms with Gasteiger partial charge in [0.25, 0.3) is 21.8 Å². The van der Waals surface area contributed by atoms with Gasteiger partial charge in [0.15, 0.2) is 5.78 Å². The van der Waals surface area contributed by atoms with Crippen molar-refractivity contribution in [2.24, 2.45) is 0 Å². The number of aromatic nitrogens is 1. The van der Waals surface area contributed by atoms with E-state index in [2.05, 4.69) is 15.2 Å². The third-order valence-electron chi connectivity index (χ3n) is 4.54. The van der Waals surface area contributed by atoms with Crippen molar-refractivity contribution < 1.29 is 22.5 Å². The lowest BCUT2D eigenvalue weighted by atomic mass is 10.0. The molecule has 2 aromatic carbocycles. The minimum Gasteiger partial charge on any atom is -0.336 e. The smallest absolute Gasteiger partial charge is 0.265 e. The maximum Gasteiger partial charge on any atom is 0.265 e. The highest BCUT2D eigenvalue weighted by molar-refractivity contribution is 7.92. The van der Waals surface area contributed by atoms with Gasteiger partial charge in [-0.25, -0.2) is 13.1 Å². The SMILES string of the molecule is CC(=O)c1cc(C)cc(C)c1NC(=O)c1ccccc1S(=O)(=O)Nc1onc(C)c1Cl. The van der Waals surface area contributed by atoms with Gasteiger partial charge in [-0.2, -0.15) is 0 Å². The summed E-state index contributed by atoms with van der Waals surface area (Å²) >= 11 is 5.99. The van der Waals surface area contributed by atoms with Crippen LogP contribution in [-0.2, 0) is 10.0 Å². The Morgan fingerprint density at radius 2 is 1.74 bits per heavy atom. The third kappa shape index (κ3) is 4.62. The second kappa shape index (κ2) is 8.52. The molecule has 8 nitrogen and oxygen atoms in total. The van der Waals surface area contributed by atoms with Crippen LogP contribution >= 0.6 is 11.6 Å². The van der Waals surface area contributed by atoms with E-state index in [4.69, 9.17) is 16.1 Å². The molecular formula is C21H20ClN3O5S. The van der Waals surface area contributed by atoms with Crippen molar-refractivity contribution in [3.63, 3.8) is 0 Å². The van der Waals surface area contributed by atoms with Crippen LogP contribution in [0.15, 0.2) is 45.8 Å². The number of nitrogens with zero attached hydrogens (tertiary/aromatic N) is 1. The van der Waals surface area contributed by atoms with Gasteiger partial charge in [-0.05, 0) is 57.0 Å². The van der Waals surface area contributed by atoms with Crippen LogP contribution in [0.3, 0.4) is 0 Å². The fraction of sp³-hybridized carbons (Fsp3) is 0.190. The first-order chi connectivity index (χ1) is 14.5. The van der Waals surface area contributed by atoms with E-state index in [0.29, 0.717) is 22.5 Å². The highest BCUT2D eigenvalue weighted by Crippen LogP contribution is 2.29. The molecule has 1 amide bonds. The van der Waals surface area contributed by atoms with E-state index in [1.54, 1.807) is 19.9 Å². The van der Waals surface area contributed by atoms with Crippen molar-refractivity contribution in [2.75, 3.05) is 10.0 Å². The van der Waals surface area contributed by atoms with Gasteiger partial charge in [-0.1, -0.05) is 35.0 Å². The van der Waals surface area contributed by atoms with Crippen LogP contribution in [0.5, 0.6) is 0 Å². The van der Waals surface area contributed by atoms with Crippen molar-refractivity contribution in [3.05, 3.63) is 69.4 Å². The molecule has 1 aromatic heterocycles. The van der Waals surface area contributed by atoms with E-state index >= 15 is 0 Å². The normalized spacial score (nSPS) is 11.3. The highest BCUT2D eigenvalue weighted by Gasteiger charge is 2.26. The number of rotatable bonds is 6. The second-order valence-electron chi connectivity index (χ2n) is 7.03. The quantitative estimate of drug-likeness (QED) is 0.521. The summed E-state index contributed by atoms with van der Waals surface area (Å²) < 4.78 is 33.0. The molecule has 0 unspecified atom stereocenters. The van der Waals surface area contributed by atoms with Crippen LogP contribution in [0.25, 0.3) is 0 Å². The molecule has 0 saturated carbocycles. The molecule has 0 radical (unpaired) electrons. The standard InChI is InChI=1S/C21H20ClN3O5S/c1-11-9-12(2)19(16(10-11)14(4)26)23-20(27)15-7-5-6-8-17(15)31(28,29)25-21-18(22)13(3)24-30-21/h5-10,25H,1-4H3,(H,23,27). The predicted molar refractivity (Wildman–Crippen MR) is 117 cm³/mol. The predicted octanol–water partition coefficient (Wildman–Crippen LogP) is 4.51. The molecule has 1 heterocycles. The van der Waals surface area contributed by atoms with E-state index in [-0.39, 0.29) is 27.1 Å². The van der Waals surface area contributed by atoms with Crippen molar-refractivity contribution in [2.45, 2.75) is 32.6 Å². The summed E-state index contributed by atoms with van der Waals surface area (Å²) in [6.45, 7) is 6.55. The van der Waals surface area contributed by atoms with Crippen molar-refractivity contribution in [1.82, 2.24) is 5.16 Å². The average Bonchev–Trinajstić information content (AvgIpc) is 3.01. The van der Waals surface area contributed by atoms with Gasteiger partial charge in [0.2, 0.25) is 0 Å². The Kier molecular flexibility index (Phi) is 6.19. The van der Waals surface area contributed by atoms with E-state index in [1.165, 1.54) is 31.2 Å². The Bertz CT molecular complexity index is 1300. The summed E-state index contributed by atoms with van der Waals surface area (Å²) in [6, 6.07) is 9.16. The number of carbonyl (C=O) groups excluding carboxylic acids is 2. The van der Waals surface area contributed by atoms with Gasteiger partial charge < -0.3 is 9.84 Å². The first-order valence-corrected chi connectivity index (χ1v) is 11.0. The molecule has 0 aliphatic heterocycles. The van der Waals surface area contributed by atoms with Crippen LogP contribution < -0.4 is 10.0 Å². The number of Topliss-reactive ketones (excluding diaryl/α,β-unsaturated/α-hetero) is 1. The average molecular weight is 462 g/mol. The number of hydrogen-bond acceptors (Lipinski definition) is 6. The van der Waals surface area contributed by atoms with Gasteiger partial charge in [0, 0.05) is 5.56 Å². The summed E-state index contributed by atoms with van der Waals surface area (Å²) in [5.74, 6) is -1.15. The van der Waals surface area contributed by atoms with Crippen LogP contribution in [0, 0.1) is 20.8 Å². The summed E-state index contributed by atoms with van der Waals surface area (Å²) in [6.07, 6.45) is 0. The minimum absolute atomic E-state index is 0.0203. The fourth-order valence-electron chi connectivity index (χ4n) is 3.08. The molecule has 3 aromatic rings. The van der Waals surface area contributed by atoms with Gasteiger partial charge >= 0.3 is 0 Å². The molecular weight excluding hydrogens is 442 g/mol. The first-order valence-electron chi connectivity index (χ1n) is 9.18. The van der Waals surface area contributed by atoms with Crippen LogP contribution in [0.2, 0.25) is 5.02 Å². The van der Waals surface area contributed by atoms with E-state index in [1.807, 2.05) is 13.0 Å². The van der Waals surface area contributed by atoms with Gasteiger partial charge in [-0.15, -0.1) is 0 Å². The lowest BCUT2D eigenvalue weighted by Gasteiger charge is -2.15. The topological polar surface area (TPSA) is 118 Å². The highest BCUT2D eigenvalue weighted by atomic mass is 35.5. The maximum atomic E-state index is 13.0. The molecule has 0 aliphatic rings. The Hall–Kier alpha value is -3.17. The Balaban J connectivity index is 2.00. The Morgan fingerprint density at radius 3 is 2.35 bits per heavy atom. The van der Waals surface area contributed by atoms with E-state index in [0.717, 1.165) is 5.56 Å². The molecule has 162 valence electrons. The number of halogens is 1. The summed E-state index contributed by atoms with van der Waals surface area (Å²) in [5, 5.41) is 6.31. The molecule has 3 rings (SSSR count). The van der Waals surface area contributed by atoms with Crippen molar-refractivity contribution >= 4 is 44.9 Å². The Labute approximate surface area is 184 Å². The second-order valence-corrected chi connectivity index (χ2v) is 9.06. The monoisotopic (exact) mass is 461 g/mol. The molecule has 0 spiro atoms. The zero-order chi connectivity index (χ0) is 22.9. The van der Waals surface area contributed by atoms with Crippen LogP contribution in [0.4, 0.5) is 11.6 Å². The number of anilines is 2. The number of sulfonamides is 1. The molecule has 0 atom stereocenters. The number of nitrogens with one attached hydrogen (secondary N) is 2.